The highest BCUT2D eigenvalue weighted by molar-refractivity contribution is 6.30. The van der Waals surface area contributed by atoms with Gasteiger partial charge in [0.1, 0.15) is 12.4 Å². The topological polar surface area (TPSA) is 65.1 Å². The molecule has 0 aromatic heterocycles. The molecule has 0 radical (unpaired) electrons. The van der Waals surface area contributed by atoms with E-state index in [1.807, 2.05) is 0 Å². The van der Waals surface area contributed by atoms with E-state index < -0.39 is 12.1 Å². The van der Waals surface area contributed by atoms with Crippen molar-refractivity contribution in [3.63, 3.8) is 0 Å². The summed E-state index contributed by atoms with van der Waals surface area (Å²) in [7, 11) is 1.33. The second-order valence-electron chi connectivity index (χ2n) is 5.42. The fourth-order valence-corrected chi connectivity index (χ4v) is 2.56. The van der Waals surface area contributed by atoms with Crippen molar-refractivity contribution in [2.75, 3.05) is 25.2 Å². The van der Waals surface area contributed by atoms with Crippen molar-refractivity contribution in [3.8, 4) is 5.75 Å². The molecule has 2 aromatic rings. The van der Waals surface area contributed by atoms with Gasteiger partial charge in [0.05, 0.1) is 19.2 Å². The van der Waals surface area contributed by atoms with Gasteiger partial charge >= 0.3 is 12.1 Å². The Morgan fingerprint density at radius 2 is 1.88 bits per heavy atom. The molecule has 3 rings (SSSR count). The van der Waals surface area contributed by atoms with Crippen LogP contribution in [0.25, 0.3) is 0 Å². The molecule has 1 unspecified atom stereocenters. The summed E-state index contributed by atoms with van der Waals surface area (Å²) in [5.74, 6) is 0.170. The number of methoxy groups -OCH3 is 1. The van der Waals surface area contributed by atoms with Gasteiger partial charge in [-0.05, 0) is 48.5 Å². The number of cyclic esters (lactones) is 1. The number of esters is 1. The van der Waals surface area contributed by atoms with Gasteiger partial charge in [-0.1, -0.05) is 11.6 Å². The van der Waals surface area contributed by atoms with Crippen molar-refractivity contribution in [1.82, 2.24) is 0 Å². The highest BCUT2D eigenvalue weighted by Crippen LogP contribution is 2.24. The van der Waals surface area contributed by atoms with Crippen molar-refractivity contribution >= 4 is 29.4 Å². The number of benzene rings is 2. The van der Waals surface area contributed by atoms with Crippen molar-refractivity contribution in [2.24, 2.45) is 0 Å². The first-order valence-electron chi connectivity index (χ1n) is 7.61. The first-order valence-corrected chi connectivity index (χ1v) is 7.99. The molecular weight excluding hydrogens is 346 g/mol. The normalized spacial score (nSPS) is 16.5. The Bertz CT molecular complexity index is 760. The quantitative estimate of drug-likeness (QED) is 0.762. The Balaban J connectivity index is 1.56. The largest absolute Gasteiger partial charge is 0.490 e. The standard InChI is InChI=1S/C18H16ClNO5/c1-23-17(21)12-2-8-15(9-3-12)24-11-16-10-20(18(22)25-16)14-6-4-13(19)5-7-14/h2-9,16H,10-11H2,1H3. The van der Waals surface area contributed by atoms with Crippen LogP contribution in [-0.2, 0) is 9.47 Å². The molecule has 130 valence electrons. The number of hydrogen-bond acceptors (Lipinski definition) is 5. The highest BCUT2D eigenvalue weighted by atomic mass is 35.5. The maximum Gasteiger partial charge on any atom is 0.414 e. The molecular formula is C18H16ClNO5. The summed E-state index contributed by atoms with van der Waals surface area (Å²) in [4.78, 5) is 24.9. The van der Waals surface area contributed by atoms with Gasteiger partial charge in [-0.2, -0.15) is 0 Å². The van der Waals surface area contributed by atoms with Crippen LogP contribution in [0, 0.1) is 0 Å². The van der Waals surface area contributed by atoms with Crippen molar-refractivity contribution in [3.05, 3.63) is 59.1 Å². The maximum atomic E-state index is 12.0. The average molecular weight is 362 g/mol. The molecule has 1 atom stereocenters. The molecule has 0 spiro atoms. The van der Waals surface area contributed by atoms with Gasteiger partial charge in [-0.25, -0.2) is 9.59 Å². The summed E-state index contributed by atoms with van der Waals surface area (Å²) in [6, 6.07) is 13.5. The lowest BCUT2D eigenvalue weighted by Gasteiger charge is -2.13. The second-order valence-corrected chi connectivity index (χ2v) is 5.86. The lowest BCUT2D eigenvalue weighted by atomic mass is 10.2. The Labute approximate surface area is 149 Å². The molecule has 25 heavy (non-hydrogen) atoms. The highest BCUT2D eigenvalue weighted by Gasteiger charge is 2.32. The molecule has 0 N–H and O–H groups in total. The average Bonchev–Trinajstić information content (AvgIpc) is 3.01. The summed E-state index contributed by atoms with van der Waals surface area (Å²) in [6.45, 7) is 0.605. The summed E-state index contributed by atoms with van der Waals surface area (Å²) in [6.07, 6.45) is -0.805. The smallest absolute Gasteiger partial charge is 0.414 e. The first-order chi connectivity index (χ1) is 12.1. The maximum absolute atomic E-state index is 12.0. The lowest BCUT2D eigenvalue weighted by Crippen LogP contribution is -2.26. The Kier molecular flexibility index (Phi) is 5.09. The molecule has 1 fully saturated rings. The van der Waals surface area contributed by atoms with Gasteiger partial charge in [0.2, 0.25) is 0 Å². The predicted octanol–water partition coefficient (Wildman–Crippen LogP) is 3.53. The van der Waals surface area contributed by atoms with E-state index in [0.29, 0.717) is 22.9 Å². The molecule has 0 bridgehead atoms. The zero-order valence-electron chi connectivity index (χ0n) is 13.5. The van der Waals surface area contributed by atoms with Crippen LogP contribution in [0.15, 0.2) is 48.5 Å². The van der Waals surface area contributed by atoms with Crippen LogP contribution in [0.2, 0.25) is 5.02 Å². The Morgan fingerprint density at radius 3 is 2.52 bits per heavy atom. The van der Waals surface area contributed by atoms with Gasteiger partial charge < -0.3 is 14.2 Å². The third-order valence-corrected chi connectivity index (χ3v) is 3.98. The first kappa shape index (κ1) is 17.1. The number of carbonyl (C=O) groups is 2. The van der Waals surface area contributed by atoms with E-state index in [4.69, 9.17) is 21.1 Å². The minimum absolute atomic E-state index is 0.216. The van der Waals surface area contributed by atoms with Gasteiger partial charge in [-0.3, -0.25) is 4.90 Å². The molecule has 0 aliphatic carbocycles. The number of anilines is 1. The van der Waals surface area contributed by atoms with Gasteiger partial charge in [0.15, 0.2) is 6.10 Å². The molecule has 0 saturated carbocycles. The van der Waals surface area contributed by atoms with E-state index in [1.54, 1.807) is 48.5 Å². The van der Waals surface area contributed by atoms with Crippen LogP contribution in [-0.4, -0.2) is 38.4 Å². The van der Waals surface area contributed by atoms with Crippen LogP contribution >= 0.6 is 11.6 Å². The summed E-state index contributed by atoms with van der Waals surface area (Å²) in [5.41, 5.74) is 1.16. The van der Waals surface area contributed by atoms with Crippen molar-refractivity contribution < 1.29 is 23.8 Å². The molecule has 2 aromatic carbocycles. The van der Waals surface area contributed by atoms with Crippen molar-refractivity contribution in [2.45, 2.75) is 6.10 Å². The van der Waals surface area contributed by atoms with E-state index in [2.05, 4.69) is 4.74 Å². The Morgan fingerprint density at radius 1 is 1.20 bits per heavy atom. The van der Waals surface area contributed by atoms with E-state index in [9.17, 15) is 9.59 Å². The van der Waals surface area contributed by atoms with Crippen LogP contribution < -0.4 is 9.64 Å². The summed E-state index contributed by atoms with van der Waals surface area (Å²) < 4.78 is 15.6. The number of carbonyl (C=O) groups excluding carboxylic acids is 2. The minimum Gasteiger partial charge on any atom is -0.490 e. The van der Waals surface area contributed by atoms with E-state index in [1.165, 1.54) is 12.0 Å². The van der Waals surface area contributed by atoms with Crippen LogP contribution in [0.1, 0.15) is 10.4 Å². The molecule has 1 saturated heterocycles. The summed E-state index contributed by atoms with van der Waals surface area (Å²) >= 11 is 5.86. The molecule has 1 aliphatic heterocycles. The van der Waals surface area contributed by atoms with Crippen molar-refractivity contribution in [1.29, 1.82) is 0 Å². The molecule has 1 heterocycles. The van der Waals surface area contributed by atoms with Gasteiger partial charge in [-0.15, -0.1) is 0 Å². The van der Waals surface area contributed by atoms with Crippen LogP contribution in [0.3, 0.4) is 0 Å². The second kappa shape index (κ2) is 7.44. The third-order valence-electron chi connectivity index (χ3n) is 3.72. The number of hydrogen-bond donors (Lipinski definition) is 0. The number of halogens is 1. The van der Waals surface area contributed by atoms with Gasteiger partial charge in [0.25, 0.3) is 0 Å². The number of nitrogens with zero attached hydrogens (tertiary/aromatic N) is 1. The lowest BCUT2D eigenvalue weighted by molar-refractivity contribution is 0.0600. The Hall–Kier alpha value is -2.73. The minimum atomic E-state index is -0.419. The summed E-state index contributed by atoms with van der Waals surface area (Å²) in [5, 5.41) is 0.603. The van der Waals surface area contributed by atoms with E-state index >= 15 is 0 Å². The molecule has 1 aliphatic rings. The number of amides is 1. The fourth-order valence-electron chi connectivity index (χ4n) is 2.43. The SMILES string of the molecule is COC(=O)c1ccc(OCC2CN(c3ccc(Cl)cc3)C(=O)O2)cc1. The molecule has 1 amide bonds. The third kappa shape index (κ3) is 4.03. The van der Waals surface area contributed by atoms with Gasteiger partial charge in [0, 0.05) is 10.7 Å². The number of ether oxygens (including phenoxy) is 3. The zero-order valence-corrected chi connectivity index (χ0v) is 14.2. The van der Waals surface area contributed by atoms with E-state index in [-0.39, 0.29) is 12.7 Å². The van der Waals surface area contributed by atoms with E-state index in [0.717, 1.165) is 5.69 Å². The fraction of sp³-hybridized carbons (Fsp3) is 0.222. The molecule has 6 nitrogen and oxygen atoms in total. The predicted molar refractivity (Wildman–Crippen MR) is 92.3 cm³/mol. The zero-order chi connectivity index (χ0) is 17.8. The molecule has 7 heteroatoms. The number of rotatable bonds is 5. The van der Waals surface area contributed by atoms with Crippen LogP contribution in [0.5, 0.6) is 5.75 Å². The monoisotopic (exact) mass is 361 g/mol. The van der Waals surface area contributed by atoms with Crippen LogP contribution in [0.4, 0.5) is 10.5 Å².